The standard InChI is InChI=1S/C38H46FN5O3/c1-6-18-47-35-20-26(10-15-31(35)44-36-22-32(40-24-41-36)27-11-13-30(39)14-12-27)19-33(43-25(2)45)34(46)23-42-38(16-17-38)29-9-7-8-28(21-29)37(3,4)5/h7-15,20-22,24,33-34,42,46H,6,16-19,23H2,1-5H3,(H,43,45)(H,40,41,44)/t33-,34+/m0/s1. The highest BCUT2D eigenvalue weighted by Gasteiger charge is 2.44. The van der Waals surface area contributed by atoms with Crippen LogP contribution in [0.3, 0.4) is 0 Å². The zero-order valence-electron chi connectivity index (χ0n) is 27.9. The Kier molecular flexibility index (Phi) is 10.6. The second-order valence-corrected chi connectivity index (χ2v) is 13.5. The summed E-state index contributed by atoms with van der Waals surface area (Å²) >= 11 is 0. The molecule has 248 valence electrons. The van der Waals surface area contributed by atoms with E-state index >= 15 is 0 Å². The zero-order chi connectivity index (χ0) is 33.6. The molecule has 1 amide bonds. The van der Waals surface area contributed by atoms with Crippen LogP contribution in [-0.2, 0) is 22.2 Å². The minimum absolute atomic E-state index is 0.0502. The molecule has 8 nitrogen and oxygen atoms in total. The van der Waals surface area contributed by atoms with Crippen LogP contribution in [0.15, 0.2) is 79.1 Å². The number of benzene rings is 3. The van der Waals surface area contributed by atoms with E-state index in [1.165, 1.54) is 36.5 Å². The summed E-state index contributed by atoms with van der Waals surface area (Å²) in [6, 6.07) is 22.0. The molecule has 1 aromatic heterocycles. The van der Waals surface area contributed by atoms with Crippen LogP contribution in [0.1, 0.15) is 70.6 Å². The van der Waals surface area contributed by atoms with Gasteiger partial charge in [-0.1, -0.05) is 58.0 Å². The van der Waals surface area contributed by atoms with E-state index in [0.717, 1.165) is 36.1 Å². The minimum Gasteiger partial charge on any atom is -0.491 e. The van der Waals surface area contributed by atoms with Crippen molar-refractivity contribution in [3.63, 3.8) is 0 Å². The highest BCUT2D eigenvalue weighted by atomic mass is 19.1. The van der Waals surface area contributed by atoms with E-state index in [0.29, 0.717) is 36.8 Å². The lowest BCUT2D eigenvalue weighted by atomic mass is 9.85. The van der Waals surface area contributed by atoms with Gasteiger partial charge in [-0.15, -0.1) is 0 Å². The van der Waals surface area contributed by atoms with Crippen LogP contribution in [0.4, 0.5) is 15.9 Å². The number of hydrogen-bond acceptors (Lipinski definition) is 7. The molecular formula is C38H46FN5O3. The maximum absolute atomic E-state index is 13.4. The number of amides is 1. The Hall–Kier alpha value is -4.34. The van der Waals surface area contributed by atoms with Crippen molar-refractivity contribution in [1.29, 1.82) is 0 Å². The number of carbonyl (C=O) groups excluding carboxylic acids is 1. The second-order valence-electron chi connectivity index (χ2n) is 13.5. The smallest absolute Gasteiger partial charge is 0.217 e. The SMILES string of the molecule is CCCOc1cc(C[C@H](NC(C)=O)[C@H](O)CNC2(c3cccc(C(C)(C)C)c3)CC2)ccc1Nc1cc(-c2ccc(F)cc2)ncn1. The number of rotatable bonds is 14. The van der Waals surface area contributed by atoms with Gasteiger partial charge in [0.15, 0.2) is 0 Å². The molecule has 1 fully saturated rings. The van der Waals surface area contributed by atoms with Crippen molar-refractivity contribution in [3.05, 3.63) is 102 Å². The van der Waals surface area contributed by atoms with Gasteiger partial charge >= 0.3 is 0 Å². The van der Waals surface area contributed by atoms with E-state index in [1.807, 2.05) is 25.1 Å². The molecule has 1 aliphatic carbocycles. The Morgan fingerprint density at radius 2 is 1.81 bits per heavy atom. The van der Waals surface area contributed by atoms with Gasteiger partial charge in [-0.3, -0.25) is 4.79 Å². The topological polar surface area (TPSA) is 108 Å². The van der Waals surface area contributed by atoms with Gasteiger partial charge in [0.1, 0.15) is 23.7 Å². The summed E-state index contributed by atoms with van der Waals surface area (Å²) < 4.78 is 19.6. The third-order valence-corrected chi connectivity index (χ3v) is 8.57. The van der Waals surface area contributed by atoms with E-state index in [1.54, 1.807) is 18.2 Å². The minimum atomic E-state index is -0.814. The molecule has 0 spiro atoms. The van der Waals surface area contributed by atoms with E-state index in [2.05, 4.69) is 71.0 Å². The van der Waals surface area contributed by atoms with Crippen LogP contribution in [0.25, 0.3) is 11.3 Å². The fraction of sp³-hybridized carbons (Fsp3) is 0.395. The van der Waals surface area contributed by atoms with Gasteiger partial charge in [0.2, 0.25) is 5.91 Å². The molecule has 47 heavy (non-hydrogen) atoms. The maximum atomic E-state index is 13.4. The van der Waals surface area contributed by atoms with E-state index in [9.17, 15) is 14.3 Å². The normalized spacial score (nSPS) is 15.0. The first kappa shape index (κ1) is 34.0. The first-order valence-corrected chi connectivity index (χ1v) is 16.4. The van der Waals surface area contributed by atoms with Gasteiger partial charge in [-0.2, -0.15) is 0 Å². The molecule has 1 saturated carbocycles. The number of ether oxygens (including phenoxy) is 1. The number of nitrogens with zero attached hydrogens (tertiary/aromatic N) is 2. The van der Waals surface area contributed by atoms with Gasteiger partial charge in [-0.25, -0.2) is 14.4 Å². The highest BCUT2D eigenvalue weighted by Crippen LogP contribution is 2.46. The summed E-state index contributed by atoms with van der Waals surface area (Å²) in [6.07, 6.45) is 3.89. The quantitative estimate of drug-likeness (QED) is 0.120. The lowest BCUT2D eigenvalue weighted by Crippen LogP contribution is -2.49. The van der Waals surface area contributed by atoms with Crippen LogP contribution < -0.4 is 20.7 Å². The molecule has 0 unspecified atom stereocenters. The molecular weight excluding hydrogens is 593 g/mol. The largest absolute Gasteiger partial charge is 0.491 e. The van der Waals surface area contributed by atoms with Crippen molar-refractivity contribution in [2.24, 2.45) is 0 Å². The summed E-state index contributed by atoms with van der Waals surface area (Å²) in [5.74, 6) is 0.691. The van der Waals surface area contributed by atoms with E-state index in [-0.39, 0.29) is 22.7 Å². The first-order valence-electron chi connectivity index (χ1n) is 16.4. The summed E-state index contributed by atoms with van der Waals surface area (Å²) in [4.78, 5) is 20.9. The summed E-state index contributed by atoms with van der Waals surface area (Å²) in [5.41, 5.74) is 5.48. The molecule has 4 aromatic rings. The van der Waals surface area contributed by atoms with Crippen molar-refractivity contribution >= 4 is 17.4 Å². The molecule has 0 saturated heterocycles. The molecule has 1 heterocycles. The molecule has 3 aromatic carbocycles. The van der Waals surface area contributed by atoms with Crippen LogP contribution in [0.5, 0.6) is 5.75 Å². The Balaban J connectivity index is 1.30. The number of halogens is 1. The van der Waals surface area contributed by atoms with Crippen molar-refractivity contribution in [1.82, 2.24) is 20.6 Å². The summed E-state index contributed by atoms with van der Waals surface area (Å²) in [6.45, 7) is 11.0. The number of anilines is 2. The lowest BCUT2D eigenvalue weighted by Gasteiger charge is -2.28. The molecule has 4 N–H and O–H groups in total. The van der Waals surface area contributed by atoms with Crippen LogP contribution in [0, 0.1) is 5.82 Å². The fourth-order valence-corrected chi connectivity index (χ4v) is 5.69. The van der Waals surface area contributed by atoms with E-state index in [4.69, 9.17) is 4.74 Å². The molecule has 0 aliphatic heterocycles. The summed E-state index contributed by atoms with van der Waals surface area (Å²) in [7, 11) is 0. The molecule has 5 rings (SSSR count). The van der Waals surface area contributed by atoms with Gasteiger partial charge in [-0.05, 0) is 84.2 Å². The van der Waals surface area contributed by atoms with Crippen LogP contribution in [-0.4, -0.2) is 46.3 Å². The lowest BCUT2D eigenvalue weighted by molar-refractivity contribution is -0.120. The maximum Gasteiger partial charge on any atom is 0.217 e. The molecule has 1 aliphatic rings. The highest BCUT2D eigenvalue weighted by molar-refractivity contribution is 5.73. The van der Waals surface area contributed by atoms with Crippen molar-refractivity contribution in [3.8, 4) is 17.0 Å². The van der Waals surface area contributed by atoms with Crippen molar-refractivity contribution in [2.45, 2.75) is 83.4 Å². The third kappa shape index (κ3) is 8.93. The number of aromatic nitrogens is 2. The zero-order valence-corrected chi connectivity index (χ0v) is 27.9. The second kappa shape index (κ2) is 14.6. The predicted molar refractivity (Wildman–Crippen MR) is 184 cm³/mol. The predicted octanol–water partition coefficient (Wildman–Crippen LogP) is 6.80. The monoisotopic (exact) mass is 639 g/mol. The van der Waals surface area contributed by atoms with Gasteiger partial charge in [0.05, 0.1) is 30.1 Å². The van der Waals surface area contributed by atoms with E-state index < -0.39 is 12.1 Å². The molecule has 0 bridgehead atoms. The average molecular weight is 640 g/mol. The number of aliphatic hydroxyl groups is 1. The summed E-state index contributed by atoms with van der Waals surface area (Å²) in [5, 5.41) is 21.3. The Bertz CT molecular complexity index is 1670. The number of hydrogen-bond donors (Lipinski definition) is 4. The number of nitrogens with one attached hydrogen (secondary N) is 3. The molecule has 2 atom stereocenters. The van der Waals surface area contributed by atoms with Crippen LogP contribution in [0.2, 0.25) is 0 Å². The van der Waals surface area contributed by atoms with Crippen LogP contribution >= 0.6 is 0 Å². The number of carbonyl (C=O) groups is 1. The Morgan fingerprint density at radius 3 is 2.49 bits per heavy atom. The number of aliphatic hydroxyl groups excluding tert-OH is 1. The first-order chi connectivity index (χ1) is 22.5. The Labute approximate surface area is 277 Å². The molecule has 9 heteroatoms. The van der Waals surface area contributed by atoms with Gasteiger partial charge in [0, 0.05) is 30.6 Å². The van der Waals surface area contributed by atoms with Gasteiger partial charge in [0.25, 0.3) is 0 Å². The van der Waals surface area contributed by atoms with Crippen molar-refractivity contribution in [2.75, 3.05) is 18.5 Å². The Morgan fingerprint density at radius 1 is 1.04 bits per heavy atom. The third-order valence-electron chi connectivity index (χ3n) is 8.57. The van der Waals surface area contributed by atoms with Gasteiger partial charge < -0.3 is 25.8 Å². The van der Waals surface area contributed by atoms with Crippen molar-refractivity contribution < 1.29 is 19.0 Å². The fourth-order valence-electron chi connectivity index (χ4n) is 5.69. The average Bonchev–Trinajstić information content (AvgIpc) is 3.84. The molecule has 0 radical (unpaired) electrons.